The molecule has 2 N–H and O–H groups in total. The first-order chi connectivity index (χ1) is 11.8. The Kier molecular flexibility index (Phi) is 7.26. The minimum atomic E-state index is -0.542. The van der Waals surface area contributed by atoms with E-state index in [1.54, 1.807) is 0 Å². The van der Waals surface area contributed by atoms with Gasteiger partial charge in [0, 0.05) is 25.0 Å². The van der Waals surface area contributed by atoms with Crippen molar-refractivity contribution in [1.82, 2.24) is 10.2 Å². The highest BCUT2D eigenvalue weighted by atomic mass is 16.5. The van der Waals surface area contributed by atoms with Gasteiger partial charge in [0.05, 0.1) is 0 Å². The van der Waals surface area contributed by atoms with Gasteiger partial charge in [0.25, 0.3) is 0 Å². The predicted octanol–water partition coefficient (Wildman–Crippen LogP) is 2.28. The number of piperidine rings is 1. The molecular weight excluding hydrogens is 316 g/mol. The van der Waals surface area contributed by atoms with Crippen molar-refractivity contribution in [3.63, 3.8) is 0 Å². The van der Waals surface area contributed by atoms with Crippen molar-refractivity contribution in [1.29, 1.82) is 0 Å². The average molecular weight is 348 g/mol. The lowest BCUT2D eigenvalue weighted by atomic mass is 10.0. The van der Waals surface area contributed by atoms with E-state index in [0.29, 0.717) is 6.54 Å². The number of amides is 1. The summed E-state index contributed by atoms with van der Waals surface area (Å²) in [4.78, 5) is 14.1. The number of rotatable bonds is 7. The summed E-state index contributed by atoms with van der Waals surface area (Å²) in [6, 6.07) is 6.26. The minimum absolute atomic E-state index is 0.00642. The van der Waals surface area contributed by atoms with Crippen LogP contribution in [-0.4, -0.2) is 54.3 Å². The smallest absolute Gasteiger partial charge is 0.222 e. The average Bonchev–Trinajstić information content (AvgIpc) is 2.56. The third kappa shape index (κ3) is 6.33. The van der Waals surface area contributed by atoms with E-state index in [-0.39, 0.29) is 24.5 Å². The fourth-order valence-electron chi connectivity index (χ4n) is 3.11. The molecule has 2 atom stereocenters. The van der Waals surface area contributed by atoms with Crippen molar-refractivity contribution in [3.8, 4) is 5.75 Å². The van der Waals surface area contributed by atoms with Crippen LogP contribution in [0.2, 0.25) is 0 Å². The Balaban J connectivity index is 1.78. The molecule has 0 bridgehead atoms. The SMILES string of the molecule is Cc1ccc(C)c(OCC(O)CN2CCCC(NC(=O)C(C)C)C2)c1. The summed E-state index contributed by atoms with van der Waals surface area (Å²) in [6.07, 6.45) is 1.50. The number of aliphatic hydroxyl groups is 1. The maximum atomic E-state index is 11.9. The zero-order valence-electron chi connectivity index (χ0n) is 15.9. The van der Waals surface area contributed by atoms with Gasteiger partial charge in [-0.3, -0.25) is 9.69 Å². The first-order valence-electron chi connectivity index (χ1n) is 9.26. The topological polar surface area (TPSA) is 61.8 Å². The number of carbonyl (C=O) groups excluding carboxylic acids is 1. The maximum absolute atomic E-state index is 11.9. The van der Waals surface area contributed by atoms with Crippen LogP contribution in [0, 0.1) is 19.8 Å². The zero-order chi connectivity index (χ0) is 18.4. The van der Waals surface area contributed by atoms with Gasteiger partial charge >= 0.3 is 0 Å². The monoisotopic (exact) mass is 348 g/mol. The Labute approximate surface area is 151 Å². The van der Waals surface area contributed by atoms with E-state index in [2.05, 4.69) is 16.3 Å². The van der Waals surface area contributed by atoms with Gasteiger partial charge in [-0.1, -0.05) is 26.0 Å². The summed E-state index contributed by atoms with van der Waals surface area (Å²) < 4.78 is 5.80. The molecule has 5 heteroatoms. The van der Waals surface area contributed by atoms with Crippen LogP contribution in [0.4, 0.5) is 0 Å². The van der Waals surface area contributed by atoms with Crippen molar-refractivity contribution in [2.24, 2.45) is 5.92 Å². The highest BCUT2D eigenvalue weighted by molar-refractivity contribution is 5.78. The molecule has 1 saturated heterocycles. The van der Waals surface area contributed by atoms with Crippen LogP contribution < -0.4 is 10.1 Å². The third-order valence-corrected chi connectivity index (χ3v) is 4.62. The molecule has 1 amide bonds. The normalized spacial score (nSPS) is 19.7. The van der Waals surface area contributed by atoms with Gasteiger partial charge in [0.15, 0.2) is 0 Å². The van der Waals surface area contributed by atoms with Gasteiger partial charge in [-0.05, 0) is 50.4 Å². The van der Waals surface area contributed by atoms with E-state index in [9.17, 15) is 9.90 Å². The Morgan fingerprint density at radius 1 is 1.40 bits per heavy atom. The number of aliphatic hydroxyl groups excluding tert-OH is 1. The molecule has 1 heterocycles. The number of ether oxygens (including phenoxy) is 1. The van der Waals surface area contributed by atoms with Crippen LogP contribution in [0.1, 0.15) is 37.8 Å². The number of benzene rings is 1. The quantitative estimate of drug-likeness (QED) is 0.794. The van der Waals surface area contributed by atoms with Crippen LogP contribution in [0.15, 0.2) is 18.2 Å². The Morgan fingerprint density at radius 2 is 2.16 bits per heavy atom. The number of hydrogen-bond donors (Lipinski definition) is 2. The molecule has 0 aliphatic carbocycles. The van der Waals surface area contributed by atoms with E-state index >= 15 is 0 Å². The fourth-order valence-corrected chi connectivity index (χ4v) is 3.11. The number of aryl methyl sites for hydroxylation is 2. The van der Waals surface area contributed by atoms with Crippen molar-refractivity contribution >= 4 is 5.91 Å². The Morgan fingerprint density at radius 3 is 2.88 bits per heavy atom. The van der Waals surface area contributed by atoms with Gasteiger partial charge in [-0.25, -0.2) is 0 Å². The number of nitrogens with one attached hydrogen (secondary N) is 1. The van der Waals surface area contributed by atoms with Crippen LogP contribution in [0.3, 0.4) is 0 Å². The van der Waals surface area contributed by atoms with E-state index < -0.39 is 6.10 Å². The second-order valence-corrected chi connectivity index (χ2v) is 7.50. The highest BCUT2D eigenvalue weighted by Crippen LogP contribution is 2.19. The summed E-state index contributed by atoms with van der Waals surface area (Å²) in [7, 11) is 0. The minimum Gasteiger partial charge on any atom is -0.491 e. The van der Waals surface area contributed by atoms with E-state index in [1.807, 2.05) is 39.8 Å². The lowest BCUT2D eigenvalue weighted by Crippen LogP contribution is -2.50. The molecule has 0 radical (unpaired) electrons. The van der Waals surface area contributed by atoms with E-state index in [4.69, 9.17) is 4.74 Å². The summed E-state index contributed by atoms with van der Waals surface area (Å²) >= 11 is 0. The lowest BCUT2D eigenvalue weighted by Gasteiger charge is -2.34. The number of likely N-dealkylation sites (tertiary alicyclic amines) is 1. The molecule has 140 valence electrons. The largest absolute Gasteiger partial charge is 0.491 e. The standard InChI is InChI=1S/C20H32N2O3/c1-14(2)20(24)21-17-6-5-9-22(11-17)12-18(23)13-25-19-10-15(3)7-8-16(19)4/h7-8,10,14,17-18,23H,5-6,9,11-13H2,1-4H3,(H,21,24). The molecule has 1 aliphatic rings. The third-order valence-electron chi connectivity index (χ3n) is 4.62. The molecule has 0 spiro atoms. The highest BCUT2D eigenvalue weighted by Gasteiger charge is 2.23. The number of carbonyl (C=O) groups is 1. The van der Waals surface area contributed by atoms with Crippen LogP contribution in [-0.2, 0) is 4.79 Å². The number of nitrogens with zero attached hydrogens (tertiary/aromatic N) is 1. The molecule has 1 fully saturated rings. The van der Waals surface area contributed by atoms with Gasteiger partial charge in [0.2, 0.25) is 5.91 Å². The Hall–Kier alpha value is -1.59. The second kappa shape index (κ2) is 9.20. The molecule has 0 aromatic heterocycles. The zero-order valence-corrected chi connectivity index (χ0v) is 15.9. The fraction of sp³-hybridized carbons (Fsp3) is 0.650. The summed E-state index contributed by atoms with van der Waals surface area (Å²) in [5.74, 6) is 0.942. The molecule has 1 aliphatic heterocycles. The van der Waals surface area contributed by atoms with Gasteiger partial charge in [-0.2, -0.15) is 0 Å². The Bertz CT molecular complexity index is 574. The molecule has 0 saturated carbocycles. The number of hydrogen-bond acceptors (Lipinski definition) is 4. The van der Waals surface area contributed by atoms with Crippen molar-refractivity contribution < 1.29 is 14.6 Å². The van der Waals surface area contributed by atoms with Gasteiger partial charge < -0.3 is 15.2 Å². The lowest BCUT2D eigenvalue weighted by molar-refractivity contribution is -0.125. The molecule has 1 aromatic rings. The molecule has 5 nitrogen and oxygen atoms in total. The second-order valence-electron chi connectivity index (χ2n) is 7.50. The molecule has 2 rings (SSSR count). The molecule has 25 heavy (non-hydrogen) atoms. The molecule has 1 aromatic carbocycles. The van der Waals surface area contributed by atoms with Crippen molar-refractivity contribution in [2.75, 3.05) is 26.2 Å². The van der Waals surface area contributed by atoms with Crippen LogP contribution in [0.5, 0.6) is 5.75 Å². The first kappa shape index (κ1) is 19.7. The summed E-state index contributed by atoms with van der Waals surface area (Å²) in [5, 5.41) is 13.4. The van der Waals surface area contributed by atoms with Crippen molar-refractivity contribution in [3.05, 3.63) is 29.3 Å². The number of β-amino-alcohol motifs (C(OH)–C–C–N with tert-alkyl or cyclic N) is 1. The van der Waals surface area contributed by atoms with Crippen LogP contribution in [0.25, 0.3) is 0 Å². The molecular formula is C20H32N2O3. The van der Waals surface area contributed by atoms with Gasteiger partial charge in [-0.15, -0.1) is 0 Å². The van der Waals surface area contributed by atoms with Crippen LogP contribution >= 0.6 is 0 Å². The summed E-state index contributed by atoms with van der Waals surface area (Å²) in [6.45, 7) is 10.4. The first-order valence-corrected chi connectivity index (χ1v) is 9.26. The van der Waals surface area contributed by atoms with Gasteiger partial charge in [0.1, 0.15) is 18.5 Å². The summed E-state index contributed by atoms with van der Waals surface area (Å²) in [5.41, 5.74) is 2.22. The van der Waals surface area contributed by atoms with E-state index in [0.717, 1.165) is 42.8 Å². The van der Waals surface area contributed by atoms with E-state index in [1.165, 1.54) is 0 Å². The molecule has 2 unspecified atom stereocenters. The van der Waals surface area contributed by atoms with Crippen molar-refractivity contribution in [2.45, 2.75) is 52.7 Å². The predicted molar refractivity (Wildman–Crippen MR) is 99.9 cm³/mol. The maximum Gasteiger partial charge on any atom is 0.222 e.